The van der Waals surface area contributed by atoms with Gasteiger partial charge in [-0.15, -0.1) is 0 Å². The van der Waals surface area contributed by atoms with E-state index in [1.807, 2.05) is 18.1 Å². The maximum Gasteiger partial charge on any atom is 0.416 e. The Morgan fingerprint density at radius 2 is 1.50 bits per heavy atom. The largest absolute Gasteiger partial charge is 0.489 e. The lowest BCUT2D eigenvalue weighted by molar-refractivity contribution is -0.143. The van der Waals surface area contributed by atoms with Crippen molar-refractivity contribution in [2.24, 2.45) is 5.92 Å². The maximum absolute atomic E-state index is 14.8. The predicted octanol–water partition coefficient (Wildman–Crippen LogP) is 9.32. The Labute approximate surface area is 267 Å². The van der Waals surface area contributed by atoms with Crippen LogP contribution in [0, 0.1) is 17.6 Å². The first-order chi connectivity index (χ1) is 21.7. The van der Waals surface area contributed by atoms with Gasteiger partial charge in [0, 0.05) is 37.1 Å². The molecule has 0 bridgehead atoms. The highest BCUT2D eigenvalue weighted by atomic mass is 32.2. The van der Waals surface area contributed by atoms with E-state index in [-0.39, 0.29) is 29.7 Å². The summed E-state index contributed by atoms with van der Waals surface area (Å²) in [4.78, 5) is 11.9. The summed E-state index contributed by atoms with van der Waals surface area (Å²) in [7, 11) is 0. The molecule has 252 valence electrons. The normalized spacial score (nSPS) is 14.8. The van der Waals surface area contributed by atoms with Crippen molar-refractivity contribution < 1.29 is 39.9 Å². The van der Waals surface area contributed by atoms with E-state index >= 15 is 0 Å². The number of hydrogen-bond donors (Lipinski definition) is 0. The second kappa shape index (κ2) is 15.1. The lowest BCUT2D eigenvalue weighted by Gasteiger charge is -2.34. The quantitative estimate of drug-likeness (QED) is 0.133. The first kappa shape index (κ1) is 35.6. The van der Waals surface area contributed by atoms with Gasteiger partial charge in [-0.25, -0.2) is 18.7 Å². The monoisotopic (exact) mass is 676 g/mol. The molecular formula is C32H36F8N4OS. The zero-order chi connectivity index (χ0) is 33.6. The Kier molecular flexibility index (Phi) is 11.7. The van der Waals surface area contributed by atoms with Crippen molar-refractivity contribution in [3.8, 4) is 5.75 Å². The molecule has 1 unspecified atom stereocenters. The number of thioether (sulfide) groups is 1. The Balaban J connectivity index is 1.81. The number of aromatic nitrogens is 2. The van der Waals surface area contributed by atoms with Crippen LogP contribution in [0.15, 0.2) is 42.7 Å². The molecule has 1 aliphatic carbocycles. The molecule has 14 heteroatoms. The summed E-state index contributed by atoms with van der Waals surface area (Å²) in [5.41, 5.74) is -2.59. The molecule has 1 atom stereocenters. The highest BCUT2D eigenvalue weighted by Gasteiger charge is 2.38. The molecule has 0 spiro atoms. The van der Waals surface area contributed by atoms with E-state index in [0.717, 1.165) is 37.8 Å². The number of halogens is 8. The Morgan fingerprint density at radius 1 is 0.913 bits per heavy atom. The number of rotatable bonds is 13. The Bertz CT molecular complexity index is 1410. The molecule has 1 aliphatic rings. The van der Waals surface area contributed by atoms with Gasteiger partial charge in [-0.1, -0.05) is 12.8 Å². The molecule has 0 radical (unpaired) electrons. The third-order valence-corrected chi connectivity index (χ3v) is 8.70. The van der Waals surface area contributed by atoms with E-state index in [1.54, 1.807) is 11.8 Å². The van der Waals surface area contributed by atoms with E-state index in [0.29, 0.717) is 54.9 Å². The van der Waals surface area contributed by atoms with Crippen LogP contribution >= 0.6 is 11.8 Å². The zero-order valence-electron chi connectivity index (χ0n) is 25.7. The molecule has 4 rings (SSSR count). The van der Waals surface area contributed by atoms with Gasteiger partial charge < -0.3 is 14.5 Å². The van der Waals surface area contributed by atoms with Crippen LogP contribution in [0.5, 0.6) is 5.75 Å². The third kappa shape index (κ3) is 8.95. The minimum atomic E-state index is -5.05. The molecule has 46 heavy (non-hydrogen) atoms. The molecule has 2 aromatic carbocycles. The van der Waals surface area contributed by atoms with Crippen LogP contribution in [0.2, 0.25) is 0 Å². The molecule has 3 aromatic rings. The van der Waals surface area contributed by atoms with Gasteiger partial charge >= 0.3 is 12.4 Å². The first-order valence-electron chi connectivity index (χ1n) is 14.9. The van der Waals surface area contributed by atoms with Gasteiger partial charge in [0.1, 0.15) is 0 Å². The number of alkyl halides is 6. The van der Waals surface area contributed by atoms with Gasteiger partial charge in [0.05, 0.1) is 36.2 Å². The van der Waals surface area contributed by atoms with Crippen molar-refractivity contribution in [2.45, 2.75) is 64.5 Å². The number of hydrogen-bond acceptors (Lipinski definition) is 6. The highest BCUT2D eigenvalue weighted by molar-refractivity contribution is 7.98. The molecule has 0 amide bonds. The van der Waals surface area contributed by atoms with E-state index in [4.69, 9.17) is 4.74 Å². The number of nitrogens with zero attached hydrogens (tertiary/aromatic N) is 4. The fraction of sp³-hybridized carbons (Fsp3) is 0.500. The molecule has 1 saturated carbocycles. The van der Waals surface area contributed by atoms with Crippen molar-refractivity contribution in [2.75, 3.05) is 41.5 Å². The van der Waals surface area contributed by atoms with Crippen LogP contribution in [0.25, 0.3) is 0 Å². The van der Waals surface area contributed by atoms with Crippen LogP contribution < -0.4 is 14.5 Å². The fourth-order valence-corrected chi connectivity index (χ4v) is 5.89. The number of ether oxygens (including phenoxy) is 1. The van der Waals surface area contributed by atoms with E-state index in [1.165, 1.54) is 24.2 Å². The molecule has 0 N–H and O–H groups in total. The van der Waals surface area contributed by atoms with E-state index < -0.39 is 41.2 Å². The van der Waals surface area contributed by atoms with Crippen LogP contribution in [0.1, 0.15) is 67.8 Å². The van der Waals surface area contributed by atoms with E-state index in [9.17, 15) is 35.1 Å². The summed E-state index contributed by atoms with van der Waals surface area (Å²) in [6, 6.07) is 2.29. The van der Waals surface area contributed by atoms with Crippen LogP contribution in [0.3, 0.4) is 0 Å². The smallest absolute Gasteiger partial charge is 0.416 e. The first-order valence-corrected chi connectivity index (χ1v) is 16.3. The number of anilines is 2. The third-order valence-electron chi connectivity index (χ3n) is 8.13. The highest BCUT2D eigenvalue weighted by Crippen LogP contribution is 2.40. The SMILES string of the molecule is CCN(CC1CCCC1)c1cc(F)c(F)cc1CN(c1ncc(OCCSC)cn1)C(C)c1cc(C(F)(F)F)cc(C(F)(F)F)c1. The minimum absolute atomic E-state index is 0.0507. The summed E-state index contributed by atoms with van der Waals surface area (Å²) in [5, 5.41) is 0. The van der Waals surface area contributed by atoms with Crippen LogP contribution in [-0.4, -0.2) is 41.7 Å². The Morgan fingerprint density at radius 3 is 2.04 bits per heavy atom. The van der Waals surface area contributed by atoms with Crippen LogP contribution in [0.4, 0.5) is 46.8 Å². The fourth-order valence-electron chi connectivity index (χ4n) is 5.64. The average molecular weight is 677 g/mol. The second-order valence-electron chi connectivity index (χ2n) is 11.3. The van der Waals surface area contributed by atoms with Crippen molar-refractivity contribution in [1.82, 2.24) is 9.97 Å². The molecule has 0 saturated heterocycles. The van der Waals surface area contributed by atoms with Crippen molar-refractivity contribution in [1.29, 1.82) is 0 Å². The van der Waals surface area contributed by atoms with Gasteiger partial charge in [-0.2, -0.15) is 38.1 Å². The topological polar surface area (TPSA) is 41.5 Å². The Hall–Kier alpha value is -3.29. The van der Waals surface area contributed by atoms with Gasteiger partial charge in [-0.3, -0.25) is 0 Å². The molecule has 1 fully saturated rings. The molecule has 1 aromatic heterocycles. The summed E-state index contributed by atoms with van der Waals surface area (Å²) < 4.78 is 118. The van der Waals surface area contributed by atoms with Gasteiger partial charge in [0.2, 0.25) is 5.95 Å². The predicted molar refractivity (Wildman–Crippen MR) is 163 cm³/mol. The molecule has 1 heterocycles. The zero-order valence-corrected chi connectivity index (χ0v) is 26.5. The average Bonchev–Trinajstić information content (AvgIpc) is 3.53. The lowest BCUT2D eigenvalue weighted by atomic mass is 9.98. The van der Waals surface area contributed by atoms with Crippen molar-refractivity contribution in [3.63, 3.8) is 0 Å². The molecule has 0 aliphatic heterocycles. The molecular weight excluding hydrogens is 640 g/mol. The van der Waals surface area contributed by atoms with Gasteiger partial charge in [-0.05, 0) is 74.3 Å². The van der Waals surface area contributed by atoms with Crippen molar-refractivity contribution in [3.05, 3.63) is 76.6 Å². The van der Waals surface area contributed by atoms with E-state index in [2.05, 4.69) is 9.97 Å². The number of benzene rings is 2. The van der Waals surface area contributed by atoms with Gasteiger partial charge in [0.25, 0.3) is 0 Å². The summed E-state index contributed by atoms with van der Waals surface area (Å²) in [6.45, 7) is 4.45. The lowest BCUT2D eigenvalue weighted by Crippen LogP contribution is -2.32. The standard InChI is InChI=1S/C32H36F8N4OS/c1-4-43(18-21-7-5-6-8-21)29-15-28(34)27(33)13-23(29)19-44(30-41-16-26(17-42-30)45-9-10-46-3)20(2)22-11-24(31(35,36)37)14-25(12-22)32(38,39)40/h11-17,20-21H,4-10,18-19H2,1-3H3. The van der Waals surface area contributed by atoms with Crippen LogP contribution in [-0.2, 0) is 18.9 Å². The maximum atomic E-state index is 14.8. The summed E-state index contributed by atoms with van der Waals surface area (Å²) in [6.07, 6.45) is -1.37. The van der Waals surface area contributed by atoms with Gasteiger partial charge in [0.15, 0.2) is 17.4 Å². The molecule has 5 nitrogen and oxygen atoms in total. The summed E-state index contributed by atoms with van der Waals surface area (Å²) >= 11 is 1.56. The van der Waals surface area contributed by atoms with Crippen molar-refractivity contribution >= 4 is 23.4 Å². The summed E-state index contributed by atoms with van der Waals surface area (Å²) in [5.74, 6) is -0.908. The minimum Gasteiger partial charge on any atom is -0.489 e. The second-order valence-corrected chi connectivity index (χ2v) is 12.3.